The van der Waals surface area contributed by atoms with Crippen molar-refractivity contribution in [3.63, 3.8) is 0 Å². The first-order valence-electron chi connectivity index (χ1n) is 19.2. The molecule has 7 atom stereocenters. The second-order valence-corrected chi connectivity index (χ2v) is 15.6. The normalized spacial score (nSPS) is 27.4. The van der Waals surface area contributed by atoms with Crippen LogP contribution in [0.2, 0.25) is 0 Å². The Morgan fingerprint density at radius 3 is 2.42 bits per heavy atom. The molecule has 2 saturated heterocycles. The number of phenolic OH excluding ortho intramolecular Hbond substituents is 2. The third-order valence-electron chi connectivity index (χ3n) is 11.5. The van der Waals surface area contributed by atoms with Gasteiger partial charge in [-0.3, -0.25) is 24.1 Å². The number of nitrogens with zero attached hydrogens (tertiary/aromatic N) is 3. The first-order chi connectivity index (χ1) is 27.0. The van der Waals surface area contributed by atoms with Gasteiger partial charge in [-0.05, 0) is 13.0 Å². The minimum Gasteiger partial charge on any atom is -0.507 e. The third kappa shape index (κ3) is 8.12. The van der Waals surface area contributed by atoms with E-state index < -0.39 is 95.5 Å². The number of aliphatic hydroxyl groups is 2. The van der Waals surface area contributed by atoms with E-state index in [1.807, 2.05) is 18.7 Å². The summed E-state index contributed by atoms with van der Waals surface area (Å²) >= 11 is 0. The molecule has 0 bridgehead atoms. The van der Waals surface area contributed by atoms with Crippen LogP contribution in [0.5, 0.6) is 17.2 Å². The monoisotopic (exact) mass is 798 g/mol. The first kappa shape index (κ1) is 42.4. The molecule has 5 N–H and O–H groups in total. The van der Waals surface area contributed by atoms with Crippen molar-refractivity contribution < 1.29 is 63.3 Å². The number of hydrogen-bond donors (Lipinski definition) is 5. The van der Waals surface area contributed by atoms with Gasteiger partial charge < -0.3 is 59.2 Å². The minimum atomic E-state index is -2.26. The van der Waals surface area contributed by atoms with Gasteiger partial charge in [-0.1, -0.05) is 26.0 Å². The quantitative estimate of drug-likeness (QED) is 0.160. The van der Waals surface area contributed by atoms with Gasteiger partial charge in [0.05, 0.1) is 55.3 Å². The highest BCUT2D eigenvalue weighted by Crippen LogP contribution is 2.52. The van der Waals surface area contributed by atoms with Gasteiger partial charge in [0, 0.05) is 95.4 Å². The summed E-state index contributed by atoms with van der Waals surface area (Å²) in [6.45, 7) is 7.03. The van der Waals surface area contributed by atoms with Crippen molar-refractivity contribution >= 4 is 23.4 Å². The van der Waals surface area contributed by atoms with Gasteiger partial charge in [-0.25, -0.2) is 0 Å². The van der Waals surface area contributed by atoms with Crippen molar-refractivity contribution in [2.75, 3.05) is 67.6 Å². The molecule has 4 aliphatic rings. The Morgan fingerprint density at radius 1 is 1.04 bits per heavy atom. The van der Waals surface area contributed by atoms with Gasteiger partial charge >= 0.3 is 0 Å². The number of methoxy groups -OCH3 is 2. The van der Waals surface area contributed by atoms with Gasteiger partial charge in [0.25, 0.3) is 5.91 Å². The molecule has 0 aromatic heterocycles. The summed E-state index contributed by atoms with van der Waals surface area (Å²) in [4.78, 5) is 59.8. The molecule has 2 aromatic carbocycles. The van der Waals surface area contributed by atoms with Crippen LogP contribution in [-0.4, -0.2) is 169 Å². The van der Waals surface area contributed by atoms with Gasteiger partial charge in [-0.2, -0.15) is 0 Å². The molecule has 2 amide bonds. The Kier molecular flexibility index (Phi) is 12.6. The van der Waals surface area contributed by atoms with Crippen LogP contribution < -0.4 is 10.1 Å². The van der Waals surface area contributed by atoms with E-state index in [0.717, 1.165) is 0 Å². The van der Waals surface area contributed by atoms with Crippen molar-refractivity contribution in [2.45, 2.75) is 88.6 Å². The lowest BCUT2D eigenvalue weighted by Gasteiger charge is -2.47. The number of ketones is 2. The van der Waals surface area contributed by atoms with Crippen molar-refractivity contribution in [3.8, 4) is 17.2 Å². The number of aliphatic hydroxyl groups excluding tert-OH is 1. The van der Waals surface area contributed by atoms with Crippen molar-refractivity contribution in [3.05, 3.63) is 51.6 Å². The molecule has 0 radical (unpaired) electrons. The molecule has 2 heterocycles. The summed E-state index contributed by atoms with van der Waals surface area (Å²) < 4.78 is 29.1. The number of carbonyl (C=O) groups excluding carboxylic acids is 4. The lowest BCUT2D eigenvalue weighted by atomic mass is 9.72. The molecule has 2 fully saturated rings. The number of benzene rings is 2. The van der Waals surface area contributed by atoms with Gasteiger partial charge in [0.1, 0.15) is 22.8 Å². The maximum absolute atomic E-state index is 14.2. The average molecular weight is 799 g/mol. The summed E-state index contributed by atoms with van der Waals surface area (Å²) in [5.74, 6) is -3.71. The van der Waals surface area contributed by atoms with Crippen molar-refractivity contribution in [1.82, 2.24) is 20.0 Å². The maximum atomic E-state index is 14.2. The molecule has 2 aliphatic heterocycles. The number of amides is 2. The van der Waals surface area contributed by atoms with Gasteiger partial charge in [-0.15, -0.1) is 0 Å². The number of rotatable bonds is 12. The number of likely N-dealkylation sites (N-methyl/N-ethyl adjacent to an activating group) is 2. The Morgan fingerprint density at radius 2 is 1.74 bits per heavy atom. The van der Waals surface area contributed by atoms with Crippen LogP contribution >= 0.6 is 0 Å². The molecular weight excluding hydrogens is 744 g/mol. The molecule has 0 spiro atoms. The fourth-order valence-corrected chi connectivity index (χ4v) is 8.25. The summed E-state index contributed by atoms with van der Waals surface area (Å²) in [5, 5.41) is 50.6. The summed E-state index contributed by atoms with van der Waals surface area (Å²) in [6.07, 6.45) is -5.51. The molecule has 17 nitrogen and oxygen atoms in total. The van der Waals surface area contributed by atoms with Crippen molar-refractivity contribution in [1.29, 1.82) is 0 Å². The van der Waals surface area contributed by atoms with E-state index in [9.17, 15) is 39.6 Å². The average Bonchev–Trinajstić information content (AvgIpc) is 3.19. The Labute approximate surface area is 331 Å². The zero-order valence-electron chi connectivity index (χ0n) is 33.4. The second-order valence-electron chi connectivity index (χ2n) is 15.6. The Hall–Kier alpha value is -4.20. The first-order valence-corrected chi connectivity index (χ1v) is 19.2. The standard InChI is InChI=1S/C40H54N4O13/c1-20(2)41-18-27(45)42(4)11-12-43(5)39(51)40(52)16-23-31(38(50)33-32(36(23)48)35(47)22-9-8-10-25(53-6)30(22)37(33)49)26(17-40)57-28-15-24(34(46)21(3)56-28)44-13-14-55-29(19-44)54-7/h8-10,20-21,24,26,28-29,34,41,46,48,50,52H,11-19H2,1-7H3/t21?,24?,26-,28?,29?,34?,40-/m0/s1. The van der Waals surface area contributed by atoms with E-state index in [4.69, 9.17) is 23.7 Å². The lowest BCUT2D eigenvalue weighted by molar-refractivity contribution is -0.267. The Balaban J connectivity index is 1.37. The van der Waals surface area contributed by atoms with E-state index in [-0.39, 0.29) is 66.0 Å². The predicted molar refractivity (Wildman–Crippen MR) is 202 cm³/mol. The van der Waals surface area contributed by atoms with Gasteiger partial charge in [0.2, 0.25) is 11.7 Å². The summed E-state index contributed by atoms with van der Waals surface area (Å²) in [7, 11) is 5.95. The van der Waals surface area contributed by atoms with E-state index in [0.29, 0.717) is 19.7 Å². The highest BCUT2D eigenvalue weighted by molar-refractivity contribution is 6.31. The fourth-order valence-electron chi connectivity index (χ4n) is 8.25. The molecule has 6 rings (SSSR count). The van der Waals surface area contributed by atoms with Crippen LogP contribution in [0.1, 0.15) is 82.7 Å². The van der Waals surface area contributed by atoms with E-state index >= 15 is 0 Å². The highest BCUT2D eigenvalue weighted by atomic mass is 16.7. The van der Waals surface area contributed by atoms with Crippen LogP contribution in [0.4, 0.5) is 0 Å². The summed E-state index contributed by atoms with van der Waals surface area (Å²) in [5.41, 5.74) is -3.56. The van der Waals surface area contributed by atoms with Crippen LogP contribution in [0.15, 0.2) is 18.2 Å². The maximum Gasteiger partial charge on any atom is 0.254 e. The number of fused-ring (bicyclic) bond motifs is 3. The number of ether oxygens (including phenoxy) is 5. The molecule has 17 heteroatoms. The molecule has 2 aliphatic carbocycles. The van der Waals surface area contributed by atoms with Gasteiger partial charge in [0.15, 0.2) is 18.4 Å². The topological polar surface area (TPSA) is 217 Å². The lowest BCUT2D eigenvalue weighted by Crippen LogP contribution is -2.59. The highest BCUT2D eigenvalue weighted by Gasteiger charge is 2.52. The van der Waals surface area contributed by atoms with E-state index in [1.165, 1.54) is 49.3 Å². The van der Waals surface area contributed by atoms with E-state index in [1.54, 1.807) is 14.0 Å². The number of hydrogen-bond acceptors (Lipinski definition) is 15. The number of morpholine rings is 1. The molecule has 312 valence electrons. The fraction of sp³-hybridized carbons (Fsp3) is 0.600. The SMILES string of the molecule is COc1cccc2c1C(=O)c1c(O)c3c(c(O)c1C2=O)C[C@@](O)(C(=O)N(C)CCN(C)C(=O)CNC(C)C)C[C@@H]3OC1CC(N2CCOC(OC)C2)C(O)C(C)O1. The van der Waals surface area contributed by atoms with Crippen molar-refractivity contribution in [2.24, 2.45) is 0 Å². The number of aromatic hydroxyl groups is 2. The van der Waals surface area contributed by atoms with Crippen LogP contribution in [-0.2, 0) is 35.0 Å². The summed E-state index contributed by atoms with van der Waals surface area (Å²) in [6, 6.07) is 4.05. The smallest absolute Gasteiger partial charge is 0.254 e. The predicted octanol–water partition coefficient (Wildman–Crippen LogP) is 0.701. The number of carbonyl (C=O) groups is 4. The largest absolute Gasteiger partial charge is 0.507 e. The van der Waals surface area contributed by atoms with Crippen LogP contribution in [0, 0.1) is 0 Å². The number of nitrogens with one attached hydrogen (secondary N) is 1. The molecule has 0 saturated carbocycles. The Bertz CT molecular complexity index is 1890. The molecule has 5 unspecified atom stereocenters. The second kappa shape index (κ2) is 17.0. The molecular formula is C40H54N4O13. The zero-order valence-corrected chi connectivity index (χ0v) is 33.4. The molecule has 2 aromatic rings. The van der Waals surface area contributed by atoms with E-state index in [2.05, 4.69) is 5.32 Å². The minimum absolute atomic E-state index is 0.0430. The van der Waals surface area contributed by atoms with Crippen LogP contribution in [0.25, 0.3) is 0 Å². The number of phenols is 2. The zero-order chi connectivity index (χ0) is 41.5. The van der Waals surface area contributed by atoms with Crippen LogP contribution in [0.3, 0.4) is 0 Å². The molecule has 57 heavy (non-hydrogen) atoms. The third-order valence-corrected chi connectivity index (χ3v) is 11.5.